The van der Waals surface area contributed by atoms with Gasteiger partial charge in [0.05, 0.1) is 16.6 Å². The summed E-state index contributed by atoms with van der Waals surface area (Å²) in [7, 11) is 2.06. The quantitative estimate of drug-likeness (QED) is 0.548. The second-order valence-corrected chi connectivity index (χ2v) is 5.52. The highest BCUT2D eigenvalue weighted by Crippen LogP contribution is 2.29. The van der Waals surface area contributed by atoms with Crippen LogP contribution in [0.3, 0.4) is 0 Å². The fraction of sp³-hybridized carbons (Fsp3) is 0.158. The molecule has 0 N–H and O–H groups in total. The van der Waals surface area contributed by atoms with Crippen LogP contribution in [0.4, 0.5) is 0 Å². The Morgan fingerprint density at radius 3 is 2.59 bits per heavy atom. The van der Waals surface area contributed by atoms with Gasteiger partial charge in [-0.05, 0) is 30.7 Å². The van der Waals surface area contributed by atoms with Crippen LogP contribution in [-0.4, -0.2) is 14.5 Å². The maximum Gasteiger partial charge on any atom is 0.143 e. The Morgan fingerprint density at radius 1 is 0.909 bits per heavy atom. The van der Waals surface area contributed by atoms with Gasteiger partial charge in [-0.15, -0.1) is 0 Å². The zero-order valence-corrected chi connectivity index (χ0v) is 12.7. The summed E-state index contributed by atoms with van der Waals surface area (Å²) < 4.78 is 2.14. The van der Waals surface area contributed by atoms with Crippen molar-refractivity contribution in [2.75, 3.05) is 0 Å². The minimum Gasteiger partial charge on any atom is -0.327 e. The molecule has 0 atom stereocenters. The van der Waals surface area contributed by atoms with Gasteiger partial charge in [-0.25, -0.2) is 4.98 Å². The molecule has 0 aliphatic carbocycles. The molecule has 0 saturated carbocycles. The van der Waals surface area contributed by atoms with Crippen molar-refractivity contribution in [1.29, 1.82) is 0 Å². The van der Waals surface area contributed by atoms with E-state index in [2.05, 4.69) is 61.0 Å². The molecule has 2 aromatic heterocycles. The largest absolute Gasteiger partial charge is 0.327 e. The lowest BCUT2D eigenvalue weighted by atomic mass is 10.1. The fourth-order valence-electron chi connectivity index (χ4n) is 2.95. The first-order chi connectivity index (χ1) is 10.8. The number of nitrogens with zero attached hydrogens (tertiary/aromatic N) is 3. The molecular formula is C19H17N3. The first kappa shape index (κ1) is 13.0. The van der Waals surface area contributed by atoms with E-state index in [0.29, 0.717) is 0 Å². The van der Waals surface area contributed by atoms with Crippen LogP contribution in [0.1, 0.15) is 12.6 Å². The Balaban J connectivity index is 2.05. The van der Waals surface area contributed by atoms with E-state index < -0.39 is 0 Å². The molecule has 0 spiro atoms. The third-order valence-corrected chi connectivity index (χ3v) is 4.17. The number of aryl methyl sites for hydroxylation is 2. The highest BCUT2D eigenvalue weighted by molar-refractivity contribution is 5.94. The smallest absolute Gasteiger partial charge is 0.143 e. The third kappa shape index (κ3) is 1.90. The van der Waals surface area contributed by atoms with E-state index in [1.807, 2.05) is 12.1 Å². The predicted molar refractivity (Wildman–Crippen MR) is 90.8 cm³/mol. The molecule has 0 aliphatic rings. The Hall–Kier alpha value is -2.68. The molecule has 0 amide bonds. The van der Waals surface area contributed by atoms with Crippen molar-refractivity contribution in [2.24, 2.45) is 7.05 Å². The molecule has 0 radical (unpaired) electrons. The van der Waals surface area contributed by atoms with Gasteiger partial charge in [0.1, 0.15) is 5.82 Å². The second-order valence-electron chi connectivity index (χ2n) is 5.52. The maximum absolute atomic E-state index is 4.83. The van der Waals surface area contributed by atoms with Crippen molar-refractivity contribution >= 4 is 21.9 Å². The standard InChI is InChI=1S/C19H17N3/c1-3-14-12-11-13-7-6-8-15(18(13)20-14)19-21-16-9-4-5-10-17(16)22(19)2/h4-12H,3H2,1-2H3. The molecule has 0 aliphatic heterocycles. The highest BCUT2D eigenvalue weighted by atomic mass is 15.1. The Bertz CT molecular complexity index is 982. The van der Waals surface area contributed by atoms with Gasteiger partial charge in [0.25, 0.3) is 0 Å². The van der Waals surface area contributed by atoms with Crippen LogP contribution in [0.15, 0.2) is 54.6 Å². The molecule has 0 saturated heterocycles. The van der Waals surface area contributed by atoms with Gasteiger partial charge >= 0.3 is 0 Å². The molecule has 22 heavy (non-hydrogen) atoms. The molecule has 3 nitrogen and oxygen atoms in total. The number of hydrogen-bond acceptors (Lipinski definition) is 2. The van der Waals surface area contributed by atoms with Crippen LogP contribution in [0.2, 0.25) is 0 Å². The Kier molecular flexibility index (Phi) is 2.93. The predicted octanol–water partition coefficient (Wildman–Crippen LogP) is 4.35. The number of pyridine rings is 1. The zero-order chi connectivity index (χ0) is 15.1. The average molecular weight is 287 g/mol. The molecule has 0 fully saturated rings. The number of para-hydroxylation sites is 3. The van der Waals surface area contributed by atoms with Crippen molar-refractivity contribution in [3.63, 3.8) is 0 Å². The summed E-state index contributed by atoms with van der Waals surface area (Å²) in [5.41, 5.74) is 5.38. The number of fused-ring (bicyclic) bond motifs is 2. The molecule has 2 aromatic carbocycles. The van der Waals surface area contributed by atoms with Gasteiger partial charge in [-0.1, -0.05) is 37.3 Å². The van der Waals surface area contributed by atoms with E-state index in [1.54, 1.807) is 0 Å². The normalized spacial score (nSPS) is 11.4. The van der Waals surface area contributed by atoms with Crippen molar-refractivity contribution in [1.82, 2.24) is 14.5 Å². The summed E-state index contributed by atoms with van der Waals surface area (Å²) in [6, 6.07) is 18.7. The molecule has 3 heteroatoms. The maximum atomic E-state index is 4.83. The van der Waals surface area contributed by atoms with E-state index in [9.17, 15) is 0 Å². The molecule has 0 bridgehead atoms. The topological polar surface area (TPSA) is 30.7 Å². The monoisotopic (exact) mass is 287 g/mol. The minimum absolute atomic E-state index is 0.937. The van der Waals surface area contributed by atoms with Gasteiger partial charge in [0.2, 0.25) is 0 Å². The van der Waals surface area contributed by atoms with Gasteiger partial charge in [-0.2, -0.15) is 0 Å². The van der Waals surface area contributed by atoms with Crippen molar-refractivity contribution < 1.29 is 0 Å². The summed E-state index contributed by atoms with van der Waals surface area (Å²) in [4.78, 5) is 9.64. The van der Waals surface area contributed by atoms with Crippen LogP contribution in [0.25, 0.3) is 33.3 Å². The Labute approximate surface area is 129 Å². The van der Waals surface area contributed by atoms with Gasteiger partial charge in [0, 0.05) is 23.7 Å². The van der Waals surface area contributed by atoms with Crippen LogP contribution in [-0.2, 0) is 13.5 Å². The molecule has 4 rings (SSSR count). The molecule has 2 heterocycles. The first-order valence-electron chi connectivity index (χ1n) is 7.58. The fourth-order valence-corrected chi connectivity index (χ4v) is 2.95. The Morgan fingerprint density at radius 2 is 1.77 bits per heavy atom. The number of imidazole rings is 1. The lowest BCUT2D eigenvalue weighted by molar-refractivity contribution is 0.959. The summed E-state index contributed by atoms with van der Waals surface area (Å²) in [5.74, 6) is 0.965. The number of aromatic nitrogens is 3. The average Bonchev–Trinajstić information content (AvgIpc) is 2.91. The zero-order valence-electron chi connectivity index (χ0n) is 12.7. The van der Waals surface area contributed by atoms with Crippen LogP contribution in [0, 0.1) is 0 Å². The van der Waals surface area contributed by atoms with Gasteiger partial charge in [0.15, 0.2) is 0 Å². The first-order valence-corrected chi connectivity index (χ1v) is 7.58. The summed E-state index contributed by atoms with van der Waals surface area (Å²) in [6.45, 7) is 2.13. The number of rotatable bonds is 2. The minimum atomic E-state index is 0.937. The lowest BCUT2D eigenvalue weighted by Crippen LogP contribution is -1.96. The van der Waals surface area contributed by atoms with E-state index in [4.69, 9.17) is 9.97 Å². The van der Waals surface area contributed by atoms with Gasteiger partial charge < -0.3 is 4.57 Å². The van der Waals surface area contributed by atoms with Crippen LogP contribution < -0.4 is 0 Å². The van der Waals surface area contributed by atoms with E-state index in [1.165, 1.54) is 0 Å². The summed E-state index contributed by atoms with van der Waals surface area (Å²) in [6.07, 6.45) is 0.937. The SMILES string of the molecule is CCc1ccc2cccc(-c3nc4ccccc4n3C)c2n1. The van der Waals surface area contributed by atoms with E-state index in [-0.39, 0.29) is 0 Å². The molecular weight excluding hydrogens is 270 g/mol. The number of benzene rings is 2. The van der Waals surface area contributed by atoms with E-state index >= 15 is 0 Å². The number of hydrogen-bond donors (Lipinski definition) is 0. The summed E-state index contributed by atoms with van der Waals surface area (Å²) >= 11 is 0. The summed E-state index contributed by atoms with van der Waals surface area (Å²) in [5, 5.41) is 1.15. The van der Waals surface area contributed by atoms with Crippen LogP contribution in [0.5, 0.6) is 0 Å². The van der Waals surface area contributed by atoms with E-state index in [0.717, 1.165) is 45.4 Å². The highest BCUT2D eigenvalue weighted by Gasteiger charge is 2.13. The molecule has 4 aromatic rings. The third-order valence-electron chi connectivity index (χ3n) is 4.17. The second kappa shape index (κ2) is 4.95. The molecule has 108 valence electrons. The lowest BCUT2D eigenvalue weighted by Gasteiger charge is -2.07. The van der Waals surface area contributed by atoms with Crippen molar-refractivity contribution in [2.45, 2.75) is 13.3 Å². The van der Waals surface area contributed by atoms with Crippen molar-refractivity contribution in [3.8, 4) is 11.4 Å². The molecule has 0 unspecified atom stereocenters. The van der Waals surface area contributed by atoms with Crippen molar-refractivity contribution in [3.05, 3.63) is 60.3 Å². The van der Waals surface area contributed by atoms with Gasteiger partial charge in [-0.3, -0.25) is 4.98 Å². The van der Waals surface area contributed by atoms with Crippen LogP contribution >= 0.6 is 0 Å².